The number of rotatable bonds is 1. The van der Waals surface area contributed by atoms with Gasteiger partial charge in [0.05, 0.1) is 6.20 Å². The molecule has 1 aromatic heterocycles. The molecule has 0 radical (unpaired) electrons. The molecule has 1 heterocycles. The van der Waals surface area contributed by atoms with Crippen LogP contribution in [0.4, 0.5) is 4.79 Å². The van der Waals surface area contributed by atoms with Crippen molar-refractivity contribution in [3.05, 3.63) is 17.5 Å². The maximum atomic E-state index is 11.7. The lowest BCUT2D eigenvalue weighted by Crippen LogP contribution is -2.41. The van der Waals surface area contributed by atoms with Crippen molar-refractivity contribution < 1.29 is 9.53 Å². The summed E-state index contributed by atoms with van der Waals surface area (Å²) in [5.74, 6) is 0. The van der Waals surface area contributed by atoms with Gasteiger partial charge >= 0.3 is 6.09 Å². The second kappa shape index (κ2) is 4.63. The molecule has 1 amide bonds. The second-order valence-electron chi connectivity index (χ2n) is 5.83. The van der Waals surface area contributed by atoms with Gasteiger partial charge in [-0.25, -0.2) is 4.79 Å². The summed E-state index contributed by atoms with van der Waals surface area (Å²) < 4.78 is 7.18. The van der Waals surface area contributed by atoms with Crippen LogP contribution in [0.15, 0.2) is 6.20 Å². The fourth-order valence-electron chi connectivity index (χ4n) is 2.28. The van der Waals surface area contributed by atoms with Gasteiger partial charge in [0, 0.05) is 18.8 Å². The van der Waals surface area contributed by atoms with Crippen molar-refractivity contribution in [1.82, 2.24) is 15.1 Å². The molecule has 0 bridgehead atoms. The molecule has 0 aromatic carbocycles. The lowest BCUT2D eigenvalue weighted by Gasteiger charge is -2.26. The topological polar surface area (TPSA) is 56.2 Å². The zero-order valence-corrected chi connectivity index (χ0v) is 11.5. The van der Waals surface area contributed by atoms with E-state index in [1.54, 1.807) is 0 Å². The first-order valence-corrected chi connectivity index (χ1v) is 6.34. The molecule has 0 saturated carbocycles. The van der Waals surface area contributed by atoms with Crippen LogP contribution < -0.4 is 5.32 Å². The van der Waals surface area contributed by atoms with E-state index in [0.717, 1.165) is 19.3 Å². The highest BCUT2D eigenvalue weighted by molar-refractivity contribution is 5.68. The van der Waals surface area contributed by atoms with Gasteiger partial charge in [-0.3, -0.25) is 4.68 Å². The molecule has 0 aliphatic heterocycles. The number of amides is 1. The highest BCUT2D eigenvalue weighted by Crippen LogP contribution is 2.20. The van der Waals surface area contributed by atoms with Crippen molar-refractivity contribution >= 4 is 6.09 Å². The van der Waals surface area contributed by atoms with E-state index in [4.69, 9.17) is 4.74 Å². The minimum atomic E-state index is -0.446. The number of fused-ring (bicyclic) bond motifs is 1. The van der Waals surface area contributed by atoms with E-state index in [0.29, 0.717) is 0 Å². The van der Waals surface area contributed by atoms with Crippen LogP contribution in [-0.4, -0.2) is 27.5 Å². The molecule has 5 heteroatoms. The van der Waals surface area contributed by atoms with Crippen molar-refractivity contribution in [2.24, 2.45) is 7.05 Å². The van der Waals surface area contributed by atoms with Gasteiger partial charge in [-0.15, -0.1) is 0 Å². The largest absolute Gasteiger partial charge is 0.444 e. The number of carbonyl (C=O) groups is 1. The summed E-state index contributed by atoms with van der Waals surface area (Å²) in [6, 6.07) is 0.150. The van der Waals surface area contributed by atoms with Crippen molar-refractivity contribution in [1.29, 1.82) is 0 Å². The van der Waals surface area contributed by atoms with Gasteiger partial charge in [0.1, 0.15) is 5.60 Å². The number of ether oxygens (including phenoxy) is 1. The van der Waals surface area contributed by atoms with Crippen LogP contribution in [0.5, 0.6) is 0 Å². The molecule has 1 N–H and O–H groups in total. The average molecular weight is 251 g/mol. The minimum absolute atomic E-state index is 0.150. The number of hydrogen-bond donors (Lipinski definition) is 1. The monoisotopic (exact) mass is 251 g/mol. The lowest BCUT2D eigenvalue weighted by molar-refractivity contribution is 0.0500. The number of aryl methyl sites for hydroxylation is 1. The van der Waals surface area contributed by atoms with Crippen molar-refractivity contribution in [3.63, 3.8) is 0 Å². The summed E-state index contributed by atoms with van der Waals surface area (Å²) in [6.45, 7) is 5.60. The third kappa shape index (κ3) is 3.03. The highest BCUT2D eigenvalue weighted by atomic mass is 16.6. The molecule has 0 spiro atoms. The second-order valence-corrected chi connectivity index (χ2v) is 5.83. The van der Waals surface area contributed by atoms with Gasteiger partial charge in [0.2, 0.25) is 0 Å². The van der Waals surface area contributed by atoms with E-state index in [9.17, 15) is 4.79 Å². The normalized spacial score (nSPS) is 19.2. The molecular formula is C13H21N3O2. The van der Waals surface area contributed by atoms with Crippen LogP contribution >= 0.6 is 0 Å². The van der Waals surface area contributed by atoms with E-state index in [1.165, 1.54) is 11.3 Å². The van der Waals surface area contributed by atoms with Crippen molar-refractivity contribution in [3.8, 4) is 0 Å². The van der Waals surface area contributed by atoms with E-state index >= 15 is 0 Å². The maximum Gasteiger partial charge on any atom is 0.407 e. The Kier molecular flexibility index (Phi) is 3.32. The molecule has 100 valence electrons. The standard InChI is InChI=1S/C13H21N3O2/c1-13(2,3)18-12(17)15-10-5-6-11-9(7-10)8-14-16(11)4/h8,10H,5-7H2,1-4H3,(H,15,17)/t10-/m0/s1. The van der Waals surface area contributed by atoms with Crippen LogP contribution in [0, 0.1) is 0 Å². The molecule has 0 unspecified atom stereocenters. The number of hydrogen-bond acceptors (Lipinski definition) is 3. The number of aromatic nitrogens is 2. The lowest BCUT2D eigenvalue weighted by atomic mass is 9.93. The van der Waals surface area contributed by atoms with Crippen molar-refractivity contribution in [2.75, 3.05) is 0 Å². The Bertz CT molecular complexity index is 446. The summed E-state index contributed by atoms with van der Waals surface area (Å²) in [4.78, 5) is 11.7. The Morgan fingerprint density at radius 3 is 2.94 bits per heavy atom. The molecule has 1 aliphatic rings. The van der Waals surface area contributed by atoms with Crippen LogP contribution in [0.2, 0.25) is 0 Å². The van der Waals surface area contributed by atoms with E-state index in [1.807, 2.05) is 38.7 Å². The molecule has 18 heavy (non-hydrogen) atoms. The van der Waals surface area contributed by atoms with Gasteiger partial charge in [-0.1, -0.05) is 0 Å². The van der Waals surface area contributed by atoms with Crippen LogP contribution in [0.25, 0.3) is 0 Å². The number of nitrogens with one attached hydrogen (secondary N) is 1. The Morgan fingerprint density at radius 1 is 1.56 bits per heavy atom. The first-order chi connectivity index (χ1) is 8.35. The smallest absolute Gasteiger partial charge is 0.407 e. The van der Waals surface area contributed by atoms with E-state index in [-0.39, 0.29) is 12.1 Å². The SMILES string of the molecule is Cn1ncc2c1CC[C@H](NC(=O)OC(C)(C)C)C2. The number of carbonyl (C=O) groups excluding carboxylic acids is 1. The molecule has 1 aliphatic carbocycles. The molecule has 5 nitrogen and oxygen atoms in total. The fraction of sp³-hybridized carbons (Fsp3) is 0.692. The van der Waals surface area contributed by atoms with Gasteiger partial charge < -0.3 is 10.1 Å². The zero-order chi connectivity index (χ0) is 13.3. The molecule has 1 aromatic rings. The Labute approximate surface area is 108 Å². The Morgan fingerprint density at radius 2 is 2.28 bits per heavy atom. The average Bonchev–Trinajstić information content (AvgIpc) is 2.57. The molecule has 0 fully saturated rings. The first kappa shape index (κ1) is 12.9. The number of nitrogens with zero attached hydrogens (tertiary/aromatic N) is 2. The third-order valence-electron chi connectivity index (χ3n) is 3.06. The minimum Gasteiger partial charge on any atom is -0.444 e. The Balaban J connectivity index is 1.92. The predicted molar refractivity (Wildman–Crippen MR) is 68.4 cm³/mol. The zero-order valence-electron chi connectivity index (χ0n) is 11.5. The van der Waals surface area contributed by atoms with Gasteiger partial charge in [0.15, 0.2) is 0 Å². The van der Waals surface area contributed by atoms with Gasteiger partial charge in [0.25, 0.3) is 0 Å². The van der Waals surface area contributed by atoms with Gasteiger partial charge in [-0.05, 0) is 45.6 Å². The highest BCUT2D eigenvalue weighted by Gasteiger charge is 2.24. The summed E-state index contributed by atoms with van der Waals surface area (Å²) >= 11 is 0. The summed E-state index contributed by atoms with van der Waals surface area (Å²) in [7, 11) is 1.96. The van der Waals surface area contributed by atoms with Crippen LogP contribution in [0.3, 0.4) is 0 Å². The van der Waals surface area contributed by atoms with E-state index in [2.05, 4.69) is 10.4 Å². The quantitative estimate of drug-likeness (QED) is 0.828. The summed E-state index contributed by atoms with van der Waals surface area (Å²) in [5.41, 5.74) is 2.06. The molecular weight excluding hydrogens is 230 g/mol. The molecule has 2 rings (SSSR count). The molecule has 0 saturated heterocycles. The Hall–Kier alpha value is -1.52. The summed E-state index contributed by atoms with van der Waals surface area (Å²) in [6.07, 6.45) is 4.28. The summed E-state index contributed by atoms with van der Waals surface area (Å²) in [5, 5.41) is 7.17. The number of alkyl carbamates (subject to hydrolysis) is 1. The predicted octanol–water partition coefficient (Wildman–Crippen LogP) is 1.80. The van der Waals surface area contributed by atoms with E-state index < -0.39 is 5.60 Å². The van der Waals surface area contributed by atoms with Crippen LogP contribution in [-0.2, 0) is 24.6 Å². The van der Waals surface area contributed by atoms with Gasteiger partial charge in [-0.2, -0.15) is 5.10 Å². The third-order valence-corrected chi connectivity index (χ3v) is 3.06. The first-order valence-electron chi connectivity index (χ1n) is 6.34. The van der Waals surface area contributed by atoms with Crippen molar-refractivity contribution in [2.45, 2.75) is 51.7 Å². The maximum absolute atomic E-state index is 11.7. The molecule has 1 atom stereocenters. The fourth-order valence-corrected chi connectivity index (χ4v) is 2.28. The van der Waals surface area contributed by atoms with Crippen LogP contribution in [0.1, 0.15) is 38.4 Å².